The molecule has 0 bridgehead atoms. The van der Waals surface area contributed by atoms with Crippen molar-refractivity contribution in [1.82, 2.24) is 0 Å². The number of fused-ring (bicyclic) bond motifs is 1. The summed E-state index contributed by atoms with van der Waals surface area (Å²) >= 11 is 0. The van der Waals surface area contributed by atoms with Crippen molar-refractivity contribution < 1.29 is 31.5 Å². The van der Waals surface area contributed by atoms with Crippen molar-refractivity contribution in [2.45, 2.75) is 19.8 Å². The molecule has 3 aromatic carbocycles. The first-order chi connectivity index (χ1) is 12.8. The van der Waals surface area contributed by atoms with Crippen LogP contribution in [0.25, 0.3) is 10.8 Å². The summed E-state index contributed by atoms with van der Waals surface area (Å²) in [5, 5.41) is -0.341. The molecule has 0 aliphatic rings. The number of ether oxygens (including phenoxy) is 1. The summed E-state index contributed by atoms with van der Waals surface area (Å²) in [6.45, 7) is 1.85. The zero-order valence-corrected chi connectivity index (χ0v) is 14.1. The third kappa shape index (κ3) is 3.63. The predicted molar refractivity (Wildman–Crippen MR) is 89.1 cm³/mol. The van der Waals surface area contributed by atoms with E-state index in [4.69, 9.17) is 4.74 Å². The number of halogens is 5. The van der Waals surface area contributed by atoms with Gasteiger partial charge in [-0.2, -0.15) is 0 Å². The van der Waals surface area contributed by atoms with Gasteiger partial charge in [0.05, 0.1) is 5.56 Å². The van der Waals surface area contributed by atoms with Crippen LogP contribution in [0.1, 0.15) is 29.3 Å². The van der Waals surface area contributed by atoms with Gasteiger partial charge in [-0.15, -0.1) is 0 Å². The van der Waals surface area contributed by atoms with E-state index >= 15 is 0 Å². The topological polar surface area (TPSA) is 26.3 Å². The SMILES string of the molecule is CCCc1cc(F)c(OC(=O)c2ccc3c(F)c(F)c(F)cc3c2)c(F)c1. The van der Waals surface area contributed by atoms with Gasteiger partial charge in [0.2, 0.25) is 5.75 Å². The van der Waals surface area contributed by atoms with E-state index in [9.17, 15) is 26.7 Å². The average Bonchev–Trinajstić information content (AvgIpc) is 2.62. The second-order valence-electron chi connectivity index (χ2n) is 5.95. The molecule has 2 nitrogen and oxygen atoms in total. The van der Waals surface area contributed by atoms with E-state index in [0.717, 1.165) is 30.3 Å². The van der Waals surface area contributed by atoms with Gasteiger partial charge < -0.3 is 4.74 Å². The van der Waals surface area contributed by atoms with Crippen molar-refractivity contribution in [2.75, 3.05) is 0 Å². The molecule has 0 amide bonds. The van der Waals surface area contributed by atoms with Gasteiger partial charge in [0.1, 0.15) is 0 Å². The highest BCUT2D eigenvalue weighted by molar-refractivity contribution is 5.96. The van der Waals surface area contributed by atoms with Crippen LogP contribution in [-0.2, 0) is 6.42 Å². The monoisotopic (exact) mass is 380 g/mol. The summed E-state index contributed by atoms with van der Waals surface area (Å²) in [7, 11) is 0. The first-order valence-electron chi connectivity index (χ1n) is 8.09. The Balaban J connectivity index is 1.94. The largest absolute Gasteiger partial charge is 0.417 e. The second-order valence-corrected chi connectivity index (χ2v) is 5.95. The molecule has 0 fully saturated rings. The van der Waals surface area contributed by atoms with Crippen LogP contribution >= 0.6 is 0 Å². The van der Waals surface area contributed by atoms with E-state index in [1.807, 2.05) is 6.92 Å². The molecular formula is C20H13F5O2. The van der Waals surface area contributed by atoms with Gasteiger partial charge in [-0.05, 0) is 47.7 Å². The number of benzene rings is 3. The number of hydrogen-bond acceptors (Lipinski definition) is 2. The summed E-state index contributed by atoms with van der Waals surface area (Å²) in [4.78, 5) is 12.2. The van der Waals surface area contributed by atoms with Crippen molar-refractivity contribution in [3.05, 3.63) is 76.6 Å². The van der Waals surface area contributed by atoms with Gasteiger partial charge >= 0.3 is 5.97 Å². The molecule has 0 aromatic heterocycles. The van der Waals surface area contributed by atoms with Crippen molar-refractivity contribution in [3.8, 4) is 5.75 Å². The summed E-state index contributed by atoms with van der Waals surface area (Å²) in [6, 6.07) is 6.05. The number of esters is 1. The van der Waals surface area contributed by atoms with Crippen LogP contribution in [0.4, 0.5) is 22.0 Å². The highest BCUT2D eigenvalue weighted by Crippen LogP contribution is 2.27. The van der Waals surface area contributed by atoms with E-state index in [2.05, 4.69) is 0 Å². The lowest BCUT2D eigenvalue weighted by molar-refractivity contribution is 0.0720. The van der Waals surface area contributed by atoms with E-state index < -0.39 is 40.8 Å². The molecule has 3 rings (SSSR count). The van der Waals surface area contributed by atoms with E-state index in [1.54, 1.807) is 0 Å². The van der Waals surface area contributed by atoms with E-state index in [-0.39, 0.29) is 16.3 Å². The normalized spacial score (nSPS) is 11.0. The Bertz CT molecular complexity index is 1020. The molecule has 0 radical (unpaired) electrons. The molecule has 0 aliphatic carbocycles. The van der Waals surface area contributed by atoms with Crippen LogP contribution in [0.3, 0.4) is 0 Å². The maximum absolute atomic E-state index is 14.1. The molecule has 0 saturated heterocycles. The molecule has 27 heavy (non-hydrogen) atoms. The molecule has 0 N–H and O–H groups in total. The number of rotatable bonds is 4. The third-order valence-corrected chi connectivity index (χ3v) is 4.00. The Kier molecular flexibility index (Phi) is 5.12. The third-order valence-electron chi connectivity index (χ3n) is 4.00. The molecule has 0 spiro atoms. The van der Waals surface area contributed by atoms with E-state index in [0.29, 0.717) is 24.5 Å². The molecule has 0 heterocycles. The minimum absolute atomic E-state index is 0.0971. The summed E-state index contributed by atoms with van der Waals surface area (Å²) < 4.78 is 73.2. The summed E-state index contributed by atoms with van der Waals surface area (Å²) in [5.74, 6) is -8.50. The van der Waals surface area contributed by atoms with Gasteiger partial charge in [-0.25, -0.2) is 26.7 Å². The molecule has 0 aliphatic heterocycles. The minimum atomic E-state index is -1.63. The van der Waals surface area contributed by atoms with Gasteiger partial charge in [0, 0.05) is 5.39 Å². The second kappa shape index (κ2) is 7.34. The molecule has 0 atom stereocenters. The fraction of sp³-hybridized carbons (Fsp3) is 0.150. The number of aryl methyl sites for hydroxylation is 1. The maximum atomic E-state index is 14.1. The molecule has 0 saturated carbocycles. The first kappa shape index (κ1) is 18.8. The van der Waals surface area contributed by atoms with Crippen LogP contribution in [0.15, 0.2) is 36.4 Å². The van der Waals surface area contributed by atoms with Crippen LogP contribution in [0, 0.1) is 29.1 Å². The quantitative estimate of drug-likeness (QED) is 0.251. The zero-order chi connectivity index (χ0) is 19.7. The van der Waals surface area contributed by atoms with Crippen molar-refractivity contribution in [1.29, 1.82) is 0 Å². The van der Waals surface area contributed by atoms with Gasteiger partial charge in [0.15, 0.2) is 29.1 Å². The average molecular weight is 380 g/mol. The Hall–Kier alpha value is -2.96. The van der Waals surface area contributed by atoms with E-state index in [1.165, 1.54) is 0 Å². The molecule has 3 aromatic rings. The van der Waals surface area contributed by atoms with Crippen molar-refractivity contribution >= 4 is 16.7 Å². The Morgan fingerprint density at radius 1 is 0.889 bits per heavy atom. The molecule has 7 heteroatoms. The van der Waals surface area contributed by atoms with Crippen LogP contribution in [0.5, 0.6) is 5.75 Å². The molecule has 140 valence electrons. The fourth-order valence-electron chi connectivity index (χ4n) is 2.73. The number of hydrogen-bond donors (Lipinski definition) is 0. The number of carbonyl (C=O) groups is 1. The summed E-state index contributed by atoms with van der Waals surface area (Å²) in [5.41, 5.74) is 0.218. The van der Waals surface area contributed by atoms with Crippen molar-refractivity contribution in [3.63, 3.8) is 0 Å². The Morgan fingerprint density at radius 3 is 2.19 bits per heavy atom. The smallest absolute Gasteiger partial charge is 0.343 e. The lowest BCUT2D eigenvalue weighted by Gasteiger charge is -2.09. The standard InChI is InChI=1S/C20H13F5O2/c1-2-3-10-6-15(22)19(16(23)7-10)27-20(26)11-4-5-13-12(8-11)9-14(21)18(25)17(13)24/h4-9H,2-3H2,1H3. The van der Waals surface area contributed by atoms with Crippen LogP contribution < -0.4 is 4.74 Å². The van der Waals surface area contributed by atoms with Crippen LogP contribution in [0.2, 0.25) is 0 Å². The number of carbonyl (C=O) groups excluding carboxylic acids is 1. The first-order valence-corrected chi connectivity index (χ1v) is 8.09. The highest BCUT2D eigenvalue weighted by atomic mass is 19.2. The summed E-state index contributed by atoms with van der Waals surface area (Å²) in [6.07, 6.45) is 1.14. The highest BCUT2D eigenvalue weighted by Gasteiger charge is 2.19. The Labute approximate surface area is 151 Å². The maximum Gasteiger partial charge on any atom is 0.343 e. The minimum Gasteiger partial charge on any atom is -0.417 e. The van der Waals surface area contributed by atoms with Crippen molar-refractivity contribution in [2.24, 2.45) is 0 Å². The molecule has 0 unspecified atom stereocenters. The lowest BCUT2D eigenvalue weighted by Crippen LogP contribution is -2.11. The van der Waals surface area contributed by atoms with Gasteiger partial charge in [-0.1, -0.05) is 19.4 Å². The van der Waals surface area contributed by atoms with Gasteiger partial charge in [-0.3, -0.25) is 0 Å². The predicted octanol–water partition coefficient (Wildman–Crippen LogP) is 5.71. The Morgan fingerprint density at radius 2 is 1.56 bits per heavy atom. The van der Waals surface area contributed by atoms with Crippen LogP contribution in [-0.4, -0.2) is 5.97 Å². The van der Waals surface area contributed by atoms with Gasteiger partial charge in [0.25, 0.3) is 0 Å². The lowest BCUT2D eigenvalue weighted by atomic mass is 10.1. The molecular weight excluding hydrogens is 367 g/mol. The zero-order valence-electron chi connectivity index (χ0n) is 14.1. The fourth-order valence-corrected chi connectivity index (χ4v) is 2.73.